The Kier molecular flexibility index (Phi) is 7.35. The minimum Gasteiger partial charge on any atom is -0.375 e. The number of ether oxygens (including phenoxy) is 1. The molecule has 2 N–H and O–H groups in total. The van der Waals surface area contributed by atoms with Crippen LogP contribution in [0, 0.1) is 5.82 Å². The molecular formula is C22H26FN5O. The lowest BCUT2D eigenvalue weighted by Gasteiger charge is -2.19. The maximum Gasteiger partial charge on any atom is 0.191 e. The normalized spacial score (nSPS) is 12.6. The van der Waals surface area contributed by atoms with Crippen LogP contribution in [-0.4, -0.2) is 36.4 Å². The number of benzene rings is 2. The first kappa shape index (κ1) is 20.5. The van der Waals surface area contributed by atoms with Crippen LogP contribution in [0.15, 0.2) is 72.0 Å². The summed E-state index contributed by atoms with van der Waals surface area (Å²) in [4.78, 5) is 4.28. The van der Waals surface area contributed by atoms with E-state index >= 15 is 0 Å². The molecule has 1 atom stereocenters. The predicted molar refractivity (Wildman–Crippen MR) is 112 cm³/mol. The van der Waals surface area contributed by atoms with Crippen LogP contribution in [0.5, 0.6) is 0 Å². The van der Waals surface area contributed by atoms with E-state index in [9.17, 15) is 4.39 Å². The fraction of sp³-hybridized carbons (Fsp3) is 0.273. The van der Waals surface area contributed by atoms with Crippen molar-refractivity contribution in [2.24, 2.45) is 4.99 Å². The van der Waals surface area contributed by atoms with Crippen molar-refractivity contribution < 1.29 is 9.13 Å². The average Bonchev–Trinajstić information content (AvgIpc) is 3.26. The van der Waals surface area contributed by atoms with E-state index in [1.807, 2.05) is 29.1 Å². The van der Waals surface area contributed by atoms with Crippen LogP contribution in [-0.2, 0) is 17.8 Å². The minimum absolute atomic E-state index is 0.207. The third kappa shape index (κ3) is 5.89. The summed E-state index contributed by atoms with van der Waals surface area (Å²) in [5, 5.41) is 10.9. The van der Waals surface area contributed by atoms with Gasteiger partial charge in [-0.05, 0) is 34.9 Å². The summed E-state index contributed by atoms with van der Waals surface area (Å²) in [5.41, 5.74) is 3.27. The zero-order valence-electron chi connectivity index (χ0n) is 16.7. The molecule has 7 heteroatoms. The van der Waals surface area contributed by atoms with E-state index in [-0.39, 0.29) is 11.9 Å². The molecule has 0 radical (unpaired) electrons. The zero-order valence-corrected chi connectivity index (χ0v) is 16.7. The van der Waals surface area contributed by atoms with Gasteiger partial charge < -0.3 is 15.4 Å². The summed E-state index contributed by atoms with van der Waals surface area (Å²) in [6.45, 7) is 1.86. The van der Waals surface area contributed by atoms with Gasteiger partial charge >= 0.3 is 0 Å². The molecule has 3 aromatic rings. The van der Waals surface area contributed by atoms with Crippen LogP contribution < -0.4 is 10.6 Å². The molecule has 6 nitrogen and oxygen atoms in total. The van der Waals surface area contributed by atoms with E-state index in [4.69, 9.17) is 4.74 Å². The number of aromatic nitrogens is 2. The predicted octanol–water partition coefficient (Wildman–Crippen LogP) is 3.12. The first-order valence-corrected chi connectivity index (χ1v) is 9.46. The molecule has 0 fully saturated rings. The van der Waals surface area contributed by atoms with Gasteiger partial charge in [-0.1, -0.05) is 36.4 Å². The van der Waals surface area contributed by atoms with E-state index in [1.165, 1.54) is 23.3 Å². The lowest BCUT2D eigenvalue weighted by molar-refractivity contribution is 0.106. The average molecular weight is 395 g/mol. The summed E-state index contributed by atoms with van der Waals surface area (Å²) in [6.07, 6.45) is 3.52. The van der Waals surface area contributed by atoms with Crippen molar-refractivity contribution in [3.8, 4) is 0 Å². The number of aliphatic imine (C=N–C) groups is 1. The van der Waals surface area contributed by atoms with Crippen LogP contribution >= 0.6 is 0 Å². The second-order valence-corrected chi connectivity index (χ2v) is 6.55. The number of nitrogens with zero attached hydrogens (tertiary/aromatic N) is 3. The summed E-state index contributed by atoms with van der Waals surface area (Å²) >= 11 is 0. The zero-order chi connectivity index (χ0) is 20.5. The Bertz CT molecular complexity index is 909. The van der Waals surface area contributed by atoms with Crippen molar-refractivity contribution >= 4 is 5.96 Å². The molecule has 3 rings (SSSR count). The van der Waals surface area contributed by atoms with Gasteiger partial charge in [0, 0.05) is 39.6 Å². The molecule has 1 aromatic heterocycles. The summed E-state index contributed by atoms with van der Waals surface area (Å²) < 4.78 is 20.6. The van der Waals surface area contributed by atoms with Gasteiger partial charge in [-0.15, -0.1) is 0 Å². The highest BCUT2D eigenvalue weighted by Crippen LogP contribution is 2.16. The minimum atomic E-state index is -0.261. The standard InChI is InChI=1S/C22H26FN5O/c1-24-22(26-15-21(29-2)17-8-10-20(23)11-9-17)25-14-18-6-3-4-7-19(18)16-28-13-5-12-27-28/h3-13,21H,14-16H2,1-2H3,(H2,24,25,26). The first-order chi connectivity index (χ1) is 14.2. The topological polar surface area (TPSA) is 63.5 Å². The molecule has 152 valence electrons. The molecular weight excluding hydrogens is 369 g/mol. The maximum absolute atomic E-state index is 13.1. The Hall–Kier alpha value is -3.19. The van der Waals surface area contributed by atoms with E-state index in [0.29, 0.717) is 25.6 Å². The fourth-order valence-corrected chi connectivity index (χ4v) is 3.06. The van der Waals surface area contributed by atoms with Crippen LogP contribution in [0.1, 0.15) is 22.8 Å². The van der Waals surface area contributed by atoms with E-state index in [1.54, 1.807) is 32.5 Å². The van der Waals surface area contributed by atoms with Crippen molar-refractivity contribution in [3.63, 3.8) is 0 Å². The summed E-state index contributed by atoms with van der Waals surface area (Å²) in [6, 6.07) is 16.5. The Morgan fingerprint density at radius 2 is 1.86 bits per heavy atom. The molecule has 1 unspecified atom stereocenters. The smallest absolute Gasteiger partial charge is 0.191 e. The highest BCUT2D eigenvalue weighted by atomic mass is 19.1. The first-order valence-electron chi connectivity index (χ1n) is 9.46. The largest absolute Gasteiger partial charge is 0.375 e. The van der Waals surface area contributed by atoms with Crippen molar-refractivity contribution in [2.75, 3.05) is 20.7 Å². The number of halogens is 1. The monoisotopic (exact) mass is 395 g/mol. The summed E-state index contributed by atoms with van der Waals surface area (Å²) in [7, 11) is 3.36. The lowest BCUT2D eigenvalue weighted by Crippen LogP contribution is -2.39. The molecule has 0 saturated heterocycles. The molecule has 0 spiro atoms. The molecule has 0 amide bonds. The van der Waals surface area contributed by atoms with Crippen LogP contribution in [0.25, 0.3) is 0 Å². The second kappa shape index (κ2) is 10.4. The third-order valence-electron chi connectivity index (χ3n) is 4.66. The van der Waals surface area contributed by atoms with Gasteiger partial charge in [0.15, 0.2) is 5.96 Å². The van der Waals surface area contributed by atoms with Gasteiger partial charge in [-0.3, -0.25) is 9.67 Å². The SMILES string of the molecule is CN=C(NCc1ccccc1Cn1cccn1)NCC(OC)c1ccc(F)cc1. The Labute approximate surface area is 170 Å². The molecule has 29 heavy (non-hydrogen) atoms. The number of methoxy groups -OCH3 is 1. The number of nitrogens with one attached hydrogen (secondary N) is 2. The Balaban J connectivity index is 1.57. The maximum atomic E-state index is 13.1. The molecule has 0 aliphatic carbocycles. The van der Waals surface area contributed by atoms with Crippen LogP contribution in [0.4, 0.5) is 4.39 Å². The third-order valence-corrected chi connectivity index (χ3v) is 4.66. The van der Waals surface area contributed by atoms with Crippen LogP contribution in [0.3, 0.4) is 0 Å². The van der Waals surface area contributed by atoms with Gasteiger partial charge in [-0.25, -0.2) is 4.39 Å². The van der Waals surface area contributed by atoms with Crippen LogP contribution in [0.2, 0.25) is 0 Å². The number of rotatable bonds is 8. The van der Waals surface area contributed by atoms with Gasteiger partial charge in [0.1, 0.15) is 5.82 Å². The molecule has 0 aliphatic heterocycles. The number of hydrogen-bond donors (Lipinski definition) is 2. The fourth-order valence-electron chi connectivity index (χ4n) is 3.06. The molecule has 0 saturated carbocycles. The highest BCUT2D eigenvalue weighted by molar-refractivity contribution is 5.79. The van der Waals surface area contributed by atoms with Gasteiger partial charge in [0.05, 0.1) is 12.6 Å². The van der Waals surface area contributed by atoms with Crippen molar-refractivity contribution in [3.05, 3.63) is 89.5 Å². The van der Waals surface area contributed by atoms with Crippen molar-refractivity contribution in [1.82, 2.24) is 20.4 Å². The lowest BCUT2D eigenvalue weighted by atomic mass is 10.1. The van der Waals surface area contributed by atoms with Gasteiger partial charge in [0.25, 0.3) is 0 Å². The number of hydrogen-bond acceptors (Lipinski definition) is 3. The Morgan fingerprint density at radius 1 is 1.10 bits per heavy atom. The van der Waals surface area contributed by atoms with E-state index in [2.05, 4.69) is 32.9 Å². The number of guanidine groups is 1. The quantitative estimate of drug-likeness (QED) is 0.454. The highest BCUT2D eigenvalue weighted by Gasteiger charge is 2.12. The van der Waals surface area contributed by atoms with E-state index < -0.39 is 0 Å². The summed E-state index contributed by atoms with van der Waals surface area (Å²) in [5.74, 6) is 0.408. The second-order valence-electron chi connectivity index (χ2n) is 6.55. The van der Waals surface area contributed by atoms with Crippen molar-refractivity contribution in [1.29, 1.82) is 0 Å². The molecule has 1 heterocycles. The molecule has 0 aliphatic rings. The Morgan fingerprint density at radius 3 is 2.52 bits per heavy atom. The van der Waals surface area contributed by atoms with E-state index in [0.717, 1.165) is 5.56 Å². The van der Waals surface area contributed by atoms with Crippen molar-refractivity contribution in [2.45, 2.75) is 19.2 Å². The molecule has 0 bridgehead atoms. The van der Waals surface area contributed by atoms with Gasteiger partial charge in [0.2, 0.25) is 0 Å². The molecule has 2 aromatic carbocycles. The van der Waals surface area contributed by atoms with Gasteiger partial charge in [-0.2, -0.15) is 5.10 Å².